The number of nitrogens with zero attached hydrogens (tertiary/aromatic N) is 3. The Morgan fingerprint density at radius 2 is 2.19 bits per heavy atom. The molecule has 0 aliphatic heterocycles. The van der Waals surface area contributed by atoms with Crippen molar-refractivity contribution in [2.75, 3.05) is 5.32 Å². The molecule has 4 N–H and O–H groups in total. The highest BCUT2D eigenvalue weighted by Gasteiger charge is 2.25. The Balaban J connectivity index is 1.66. The number of hydrogen-bond donors (Lipinski definition) is 3. The smallest absolute Gasteiger partial charge is 0.171 e. The fourth-order valence-electron chi connectivity index (χ4n) is 2.49. The third-order valence-corrected chi connectivity index (χ3v) is 7.07. The van der Waals surface area contributed by atoms with Crippen LogP contribution in [-0.2, 0) is 0 Å². The van der Waals surface area contributed by atoms with Gasteiger partial charge in [-0.2, -0.15) is 5.10 Å². The molecule has 0 saturated heterocycles. The molecule has 132 valence electrons. The molecule has 1 fully saturated rings. The Morgan fingerprint density at radius 1 is 1.38 bits per heavy atom. The molecule has 8 heteroatoms. The van der Waals surface area contributed by atoms with Gasteiger partial charge in [0.05, 0.1) is 14.6 Å². The van der Waals surface area contributed by atoms with Crippen LogP contribution in [0.5, 0.6) is 0 Å². The Morgan fingerprint density at radius 3 is 2.85 bits per heavy atom. The van der Waals surface area contributed by atoms with E-state index in [2.05, 4.69) is 43.1 Å². The Hall–Kier alpha value is -2.60. The molecule has 0 radical (unpaired) electrons. The van der Waals surface area contributed by atoms with E-state index in [1.54, 1.807) is 6.20 Å². The second-order valence-corrected chi connectivity index (χ2v) is 9.94. The molecule has 0 atom stereocenters. The number of nitrogens with two attached hydrogens (primary N) is 1. The van der Waals surface area contributed by atoms with Crippen molar-refractivity contribution < 1.29 is 0 Å². The van der Waals surface area contributed by atoms with Gasteiger partial charge in [0.1, 0.15) is 0 Å². The zero-order valence-corrected chi connectivity index (χ0v) is 15.7. The van der Waals surface area contributed by atoms with Gasteiger partial charge in [0, 0.05) is 23.9 Å². The molecule has 0 spiro atoms. The summed E-state index contributed by atoms with van der Waals surface area (Å²) in [4.78, 5) is 9.86. The molecule has 0 bridgehead atoms. The maximum atomic E-state index is 6.04. The average Bonchev–Trinajstić information content (AvgIpc) is 3.14. The molecule has 3 aromatic rings. The van der Waals surface area contributed by atoms with Crippen LogP contribution in [0.25, 0.3) is 10.7 Å². The van der Waals surface area contributed by atoms with E-state index in [1.165, 1.54) is 24.2 Å². The lowest BCUT2D eigenvalue weighted by molar-refractivity contribution is 0.966. The lowest BCUT2D eigenvalue weighted by Crippen LogP contribution is -2.00. The van der Waals surface area contributed by atoms with Crippen LogP contribution in [0.2, 0.25) is 0 Å². The maximum absolute atomic E-state index is 6.04. The van der Waals surface area contributed by atoms with Gasteiger partial charge < -0.3 is 5.32 Å². The minimum Gasteiger partial charge on any atom is -0.322 e. The monoisotopic (exact) mass is 382 g/mol. The Labute approximate surface area is 156 Å². The van der Waals surface area contributed by atoms with Crippen molar-refractivity contribution >= 4 is 44.1 Å². The average molecular weight is 383 g/mol. The first kappa shape index (κ1) is 16.8. The molecular weight excluding hydrogens is 364 g/mol. The van der Waals surface area contributed by atoms with E-state index >= 15 is 0 Å². The molecule has 26 heavy (non-hydrogen) atoms. The normalized spacial score (nSPS) is 14.2. The molecule has 3 heterocycles. The topological polar surface area (TPSA) is 92.5 Å². The standard InChI is InChI=1S/C18H18N6S2/c1-4-11-10-20-18(14-7-8-16(25-14)26(2,3)19)22-17(11)21-15-9-13(23-24-15)12-5-6-12/h1,7-10,12H,2-3,5-6,19H2,(H2,20,21,22,23,24). The summed E-state index contributed by atoms with van der Waals surface area (Å²) < 4.78 is 0.938. The summed E-state index contributed by atoms with van der Waals surface area (Å²) in [5.74, 6) is 12.9. The van der Waals surface area contributed by atoms with Crippen molar-refractivity contribution in [3.63, 3.8) is 0 Å². The van der Waals surface area contributed by atoms with Crippen LogP contribution in [0, 0.1) is 12.3 Å². The zero-order chi connectivity index (χ0) is 18.3. The quantitative estimate of drug-likeness (QED) is 0.464. The van der Waals surface area contributed by atoms with Crippen molar-refractivity contribution in [3.8, 4) is 23.0 Å². The van der Waals surface area contributed by atoms with Crippen LogP contribution < -0.4 is 10.5 Å². The van der Waals surface area contributed by atoms with E-state index in [4.69, 9.17) is 11.6 Å². The largest absolute Gasteiger partial charge is 0.322 e. The van der Waals surface area contributed by atoms with Gasteiger partial charge in [0.15, 0.2) is 17.5 Å². The zero-order valence-electron chi connectivity index (χ0n) is 14.0. The fraction of sp³-hybridized carbons (Fsp3) is 0.167. The van der Waals surface area contributed by atoms with E-state index in [-0.39, 0.29) is 0 Å². The number of thiophene rings is 1. The summed E-state index contributed by atoms with van der Waals surface area (Å²) in [6.07, 6.45) is 9.64. The Bertz CT molecular complexity index is 1110. The number of hydrogen-bond acceptors (Lipinski definition) is 6. The number of aromatic nitrogens is 4. The highest BCUT2D eigenvalue weighted by Crippen LogP contribution is 2.40. The van der Waals surface area contributed by atoms with Crippen LogP contribution in [0.3, 0.4) is 0 Å². The van der Waals surface area contributed by atoms with Gasteiger partial charge in [-0.3, -0.25) is 10.2 Å². The summed E-state index contributed by atoms with van der Waals surface area (Å²) in [6, 6.07) is 5.86. The first-order valence-electron chi connectivity index (χ1n) is 7.97. The van der Waals surface area contributed by atoms with Crippen molar-refractivity contribution in [2.45, 2.75) is 23.0 Å². The summed E-state index contributed by atoms with van der Waals surface area (Å²) in [6.45, 7) is 0. The molecule has 1 saturated carbocycles. The molecule has 4 rings (SSSR count). The lowest BCUT2D eigenvalue weighted by atomic mass is 10.3. The highest BCUT2D eigenvalue weighted by molar-refractivity contribution is 8.27. The number of aromatic amines is 1. The van der Waals surface area contributed by atoms with E-state index in [9.17, 15) is 0 Å². The highest BCUT2D eigenvalue weighted by atomic mass is 32.2. The number of terminal acetylenes is 1. The van der Waals surface area contributed by atoms with Crippen molar-refractivity contribution in [2.24, 2.45) is 5.14 Å². The van der Waals surface area contributed by atoms with Crippen LogP contribution in [0.1, 0.15) is 30.0 Å². The second-order valence-electron chi connectivity index (χ2n) is 6.27. The van der Waals surface area contributed by atoms with E-state index in [0.29, 0.717) is 28.9 Å². The van der Waals surface area contributed by atoms with E-state index < -0.39 is 9.39 Å². The second kappa shape index (κ2) is 6.29. The molecule has 3 aromatic heterocycles. The first-order valence-corrected chi connectivity index (χ1v) is 10.8. The molecule has 1 aliphatic rings. The van der Waals surface area contributed by atoms with Gasteiger partial charge in [-0.15, -0.1) is 27.2 Å². The van der Waals surface area contributed by atoms with Crippen LogP contribution in [0.4, 0.5) is 11.6 Å². The molecule has 0 aromatic carbocycles. The molecular formula is C18H18N6S2. The van der Waals surface area contributed by atoms with Crippen molar-refractivity contribution in [3.05, 3.63) is 35.7 Å². The fourth-order valence-corrected chi connectivity index (χ4v) is 4.44. The number of nitrogens with one attached hydrogen (secondary N) is 2. The van der Waals surface area contributed by atoms with Gasteiger partial charge in [0.25, 0.3) is 0 Å². The number of anilines is 2. The van der Waals surface area contributed by atoms with Gasteiger partial charge in [-0.05, 0) is 25.0 Å². The molecule has 0 unspecified atom stereocenters. The summed E-state index contributed by atoms with van der Waals surface area (Å²) >= 11 is 1.50. The van der Waals surface area contributed by atoms with E-state index in [0.717, 1.165) is 14.8 Å². The predicted octanol–water partition coefficient (Wildman–Crippen LogP) is 3.43. The van der Waals surface area contributed by atoms with Crippen LogP contribution >= 0.6 is 20.7 Å². The minimum atomic E-state index is -1.76. The lowest BCUT2D eigenvalue weighted by Gasteiger charge is -2.06. The third-order valence-electron chi connectivity index (χ3n) is 4.01. The third kappa shape index (κ3) is 3.37. The van der Waals surface area contributed by atoms with Gasteiger partial charge in [-0.25, -0.2) is 9.97 Å². The Kier molecular flexibility index (Phi) is 4.07. The molecule has 0 amide bonds. The molecule has 1 aliphatic carbocycles. The summed E-state index contributed by atoms with van der Waals surface area (Å²) in [7, 11) is -1.76. The molecule has 6 nitrogen and oxygen atoms in total. The van der Waals surface area contributed by atoms with Crippen molar-refractivity contribution in [1.82, 2.24) is 20.2 Å². The van der Waals surface area contributed by atoms with Gasteiger partial charge in [-0.1, -0.05) is 17.7 Å². The van der Waals surface area contributed by atoms with E-state index in [1.807, 2.05) is 18.2 Å². The number of rotatable bonds is 5. The predicted molar refractivity (Wildman–Crippen MR) is 111 cm³/mol. The van der Waals surface area contributed by atoms with Crippen LogP contribution in [-0.4, -0.2) is 31.9 Å². The maximum Gasteiger partial charge on any atom is 0.171 e. The van der Waals surface area contributed by atoms with Crippen molar-refractivity contribution in [1.29, 1.82) is 0 Å². The van der Waals surface area contributed by atoms with Gasteiger partial charge >= 0.3 is 0 Å². The summed E-state index contributed by atoms with van der Waals surface area (Å²) in [5, 5.41) is 16.6. The first-order chi connectivity index (χ1) is 12.4. The van der Waals surface area contributed by atoms with Gasteiger partial charge in [0.2, 0.25) is 0 Å². The SMILES string of the molecule is C#Cc1cnc(-c2ccc(S(=C)(=C)N)s2)nc1Nc1cc(C2CC2)[nH]n1. The van der Waals surface area contributed by atoms with Crippen LogP contribution in [0.15, 0.2) is 28.6 Å². The number of H-pyrrole nitrogens is 1. The summed E-state index contributed by atoms with van der Waals surface area (Å²) in [5.41, 5.74) is 1.72. The minimum absolute atomic E-state index is 0.553.